The van der Waals surface area contributed by atoms with E-state index in [0.717, 1.165) is 0 Å². The number of hydrogen-bond acceptors (Lipinski definition) is 1. The van der Waals surface area contributed by atoms with Gasteiger partial charge in [-0.05, 0) is 12.1 Å². The van der Waals surface area contributed by atoms with Gasteiger partial charge in [0.15, 0.2) is 5.96 Å². The molecule has 0 radical (unpaired) electrons. The SMILES string of the molecule is NC(N)=NC(N)=Nc1ccccc1F. The first kappa shape index (κ1) is 9.97. The summed E-state index contributed by atoms with van der Waals surface area (Å²) in [5.74, 6) is -0.890. The van der Waals surface area contributed by atoms with Crippen LogP contribution < -0.4 is 17.2 Å². The Balaban J connectivity index is 2.98. The lowest BCUT2D eigenvalue weighted by molar-refractivity contribution is 0.630. The molecule has 0 bridgehead atoms. The number of nitrogens with zero attached hydrogens (tertiary/aromatic N) is 2. The first-order chi connectivity index (χ1) is 6.59. The van der Waals surface area contributed by atoms with Crippen LogP contribution in [0.3, 0.4) is 0 Å². The molecule has 0 atom stereocenters. The zero-order valence-electron chi connectivity index (χ0n) is 7.31. The van der Waals surface area contributed by atoms with Gasteiger partial charge in [0.1, 0.15) is 11.5 Å². The largest absolute Gasteiger partial charge is 0.370 e. The third-order valence-electron chi connectivity index (χ3n) is 1.33. The molecule has 6 N–H and O–H groups in total. The van der Waals surface area contributed by atoms with Gasteiger partial charge in [0, 0.05) is 0 Å². The second-order valence-electron chi connectivity index (χ2n) is 2.46. The monoisotopic (exact) mass is 195 g/mol. The van der Waals surface area contributed by atoms with Crippen LogP contribution >= 0.6 is 0 Å². The molecule has 0 saturated heterocycles. The van der Waals surface area contributed by atoms with Gasteiger partial charge in [-0.2, -0.15) is 4.99 Å². The molecule has 6 heteroatoms. The van der Waals surface area contributed by atoms with Gasteiger partial charge in [-0.3, -0.25) is 0 Å². The summed E-state index contributed by atoms with van der Waals surface area (Å²) in [5.41, 5.74) is 15.5. The second kappa shape index (κ2) is 4.22. The minimum absolute atomic E-state index is 0.0926. The lowest BCUT2D eigenvalue weighted by Crippen LogP contribution is -2.26. The fourth-order valence-corrected chi connectivity index (χ4v) is 0.823. The number of aliphatic imine (C=N–C) groups is 2. The number of hydrogen-bond donors (Lipinski definition) is 3. The van der Waals surface area contributed by atoms with Crippen molar-refractivity contribution in [3.8, 4) is 0 Å². The van der Waals surface area contributed by atoms with Gasteiger partial charge in [-0.25, -0.2) is 9.38 Å². The zero-order chi connectivity index (χ0) is 10.6. The van der Waals surface area contributed by atoms with Crippen molar-refractivity contribution in [1.82, 2.24) is 0 Å². The predicted octanol–water partition coefficient (Wildman–Crippen LogP) is 0.0453. The molecule has 5 nitrogen and oxygen atoms in total. The minimum atomic E-state index is -0.485. The molecule has 0 aliphatic rings. The maximum atomic E-state index is 13.0. The standard InChI is InChI=1S/C8H10FN5/c9-5-3-1-2-4-6(5)13-8(12)14-7(10)11/h1-4H,(H6,10,11,12,13,14). The molecule has 14 heavy (non-hydrogen) atoms. The summed E-state index contributed by atoms with van der Waals surface area (Å²) < 4.78 is 13.0. The van der Waals surface area contributed by atoms with Crippen LogP contribution in [0.4, 0.5) is 10.1 Å². The molecule has 0 amide bonds. The molecule has 74 valence electrons. The predicted molar refractivity (Wildman–Crippen MR) is 53.5 cm³/mol. The van der Waals surface area contributed by atoms with Crippen LogP contribution in [-0.4, -0.2) is 11.9 Å². The highest BCUT2D eigenvalue weighted by Crippen LogP contribution is 2.15. The minimum Gasteiger partial charge on any atom is -0.370 e. The van der Waals surface area contributed by atoms with Gasteiger partial charge in [0.05, 0.1) is 0 Å². The average molecular weight is 195 g/mol. The van der Waals surface area contributed by atoms with E-state index in [-0.39, 0.29) is 17.6 Å². The fourth-order valence-electron chi connectivity index (χ4n) is 0.823. The van der Waals surface area contributed by atoms with E-state index in [9.17, 15) is 4.39 Å². The third-order valence-corrected chi connectivity index (χ3v) is 1.33. The summed E-state index contributed by atoms with van der Waals surface area (Å²) in [7, 11) is 0. The van der Waals surface area contributed by atoms with E-state index < -0.39 is 5.82 Å². The van der Waals surface area contributed by atoms with Crippen molar-refractivity contribution in [2.75, 3.05) is 0 Å². The number of para-hydroxylation sites is 1. The van der Waals surface area contributed by atoms with Crippen LogP contribution in [0.25, 0.3) is 0 Å². The van der Waals surface area contributed by atoms with Gasteiger partial charge in [0.25, 0.3) is 0 Å². The van der Waals surface area contributed by atoms with E-state index in [1.54, 1.807) is 12.1 Å². The maximum absolute atomic E-state index is 13.0. The first-order valence-corrected chi connectivity index (χ1v) is 3.78. The van der Waals surface area contributed by atoms with Gasteiger partial charge < -0.3 is 17.2 Å². The van der Waals surface area contributed by atoms with Gasteiger partial charge in [-0.1, -0.05) is 12.1 Å². The van der Waals surface area contributed by atoms with Crippen molar-refractivity contribution in [2.24, 2.45) is 27.2 Å². The van der Waals surface area contributed by atoms with Crippen molar-refractivity contribution in [3.05, 3.63) is 30.1 Å². The van der Waals surface area contributed by atoms with Crippen LogP contribution in [0.15, 0.2) is 34.3 Å². The van der Waals surface area contributed by atoms with E-state index in [1.165, 1.54) is 12.1 Å². The zero-order valence-corrected chi connectivity index (χ0v) is 7.31. The van der Waals surface area contributed by atoms with Crippen LogP contribution in [0.5, 0.6) is 0 Å². The Morgan fingerprint density at radius 2 is 1.79 bits per heavy atom. The molecule has 0 aromatic heterocycles. The molecule has 1 rings (SSSR count). The Bertz CT molecular complexity index is 381. The highest BCUT2D eigenvalue weighted by atomic mass is 19.1. The number of nitrogens with two attached hydrogens (primary N) is 3. The Morgan fingerprint density at radius 1 is 1.14 bits per heavy atom. The molecule has 0 heterocycles. The highest BCUT2D eigenvalue weighted by Gasteiger charge is 1.98. The third kappa shape index (κ3) is 2.74. The second-order valence-corrected chi connectivity index (χ2v) is 2.46. The van der Waals surface area contributed by atoms with Gasteiger partial charge >= 0.3 is 0 Å². The molecule has 1 aromatic carbocycles. The Labute approximate surface area is 80.1 Å². The van der Waals surface area contributed by atoms with Crippen molar-refractivity contribution in [3.63, 3.8) is 0 Å². The van der Waals surface area contributed by atoms with Crippen molar-refractivity contribution in [1.29, 1.82) is 0 Å². The van der Waals surface area contributed by atoms with E-state index in [0.29, 0.717) is 0 Å². The molecular weight excluding hydrogens is 185 g/mol. The van der Waals surface area contributed by atoms with Crippen molar-refractivity contribution in [2.45, 2.75) is 0 Å². The molecule has 1 aromatic rings. The Morgan fingerprint density at radius 3 is 2.36 bits per heavy atom. The summed E-state index contributed by atoms with van der Waals surface area (Å²) >= 11 is 0. The van der Waals surface area contributed by atoms with Crippen LogP contribution in [0.1, 0.15) is 0 Å². The summed E-state index contributed by atoms with van der Waals surface area (Å²) in [5, 5.41) is 0. The highest BCUT2D eigenvalue weighted by molar-refractivity contribution is 5.93. The van der Waals surface area contributed by atoms with Crippen molar-refractivity contribution < 1.29 is 4.39 Å². The van der Waals surface area contributed by atoms with E-state index >= 15 is 0 Å². The van der Waals surface area contributed by atoms with Crippen LogP contribution in [0.2, 0.25) is 0 Å². The smallest absolute Gasteiger partial charge is 0.223 e. The van der Waals surface area contributed by atoms with Crippen LogP contribution in [0, 0.1) is 5.82 Å². The molecular formula is C8H10FN5. The topological polar surface area (TPSA) is 103 Å². The van der Waals surface area contributed by atoms with Gasteiger partial charge in [-0.15, -0.1) is 0 Å². The van der Waals surface area contributed by atoms with E-state index in [4.69, 9.17) is 17.2 Å². The summed E-state index contributed by atoms with van der Waals surface area (Å²) in [4.78, 5) is 7.12. The number of halogens is 1. The average Bonchev–Trinajstić information content (AvgIpc) is 2.07. The molecule has 0 fully saturated rings. The molecule has 0 aliphatic carbocycles. The molecule has 0 unspecified atom stereocenters. The van der Waals surface area contributed by atoms with E-state index in [2.05, 4.69) is 9.98 Å². The summed E-state index contributed by atoms with van der Waals surface area (Å²) in [6, 6.07) is 5.90. The molecule has 0 saturated carbocycles. The maximum Gasteiger partial charge on any atom is 0.223 e. The molecule has 0 spiro atoms. The lowest BCUT2D eigenvalue weighted by atomic mass is 10.3. The van der Waals surface area contributed by atoms with Crippen molar-refractivity contribution >= 4 is 17.6 Å². The summed E-state index contributed by atoms with van der Waals surface area (Å²) in [6.07, 6.45) is 0. The fraction of sp³-hybridized carbons (Fsp3) is 0. The Hall–Kier alpha value is -2.11. The number of benzene rings is 1. The Kier molecular flexibility index (Phi) is 3.01. The van der Waals surface area contributed by atoms with Crippen LogP contribution in [-0.2, 0) is 0 Å². The number of guanidine groups is 2. The number of rotatable bonds is 1. The first-order valence-electron chi connectivity index (χ1n) is 3.78. The van der Waals surface area contributed by atoms with E-state index in [1.807, 2.05) is 0 Å². The quantitative estimate of drug-likeness (QED) is 0.435. The normalized spacial score (nSPS) is 11.1. The van der Waals surface area contributed by atoms with Gasteiger partial charge in [0.2, 0.25) is 5.96 Å². The summed E-state index contributed by atoms with van der Waals surface area (Å²) in [6.45, 7) is 0. The lowest BCUT2D eigenvalue weighted by Gasteiger charge is -1.96. The molecule has 0 aliphatic heterocycles.